The molecule has 1 unspecified atom stereocenters. The van der Waals surface area contributed by atoms with Crippen molar-refractivity contribution in [3.05, 3.63) is 23.8 Å². The lowest BCUT2D eigenvalue weighted by atomic mass is 10.0. The normalized spacial score (nSPS) is 18.5. The maximum atomic E-state index is 11.6. The number of Topliss-reactive ketones (excluding diaryl/α,β-unsaturated/α-hetero) is 1. The average Bonchev–Trinajstić information content (AvgIpc) is 2.23. The van der Waals surface area contributed by atoms with Gasteiger partial charge in [0.15, 0.2) is 5.78 Å². The molecule has 1 aliphatic rings. The Labute approximate surface area is 93.8 Å². The molecule has 0 amide bonds. The third-order valence-electron chi connectivity index (χ3n) is 2.21. The average molecular weight is 230 g/mol. The van der Waals surface area contributed by atoms with Gasteiger partial charge in [0.05, 0.1) is 12.7 Å². The third kappa shape index (κ3) is 2.06. The van der Waals surface area contributed by atoms with Crippen LogP contribution in [0.15, 0.2) is 18.2 Å². The highest BCUT2D eigenvalue weighted by Gasteiger charge is 2.25. The van der Waals surface area contributed by atoms with Crippen LogP contribution in [0.5, 0.6) is 11.5 Å². The highest BCUT2D eigenvalue weighted by molar-refractivity contribution is 6.03. The van der Waals surface area contributed by atoms with Crippen molar-refractivity contribution in [2.24, 2.45) is 5.73 Å². The Morgan fingerprint density at radius 3 is 2.93 bits per heavy atom. The van der Waals surface area contributed by atoms with Crippen LogP contribution >= 0.6 is 12.4 Å². The number of fused-ring (bicyclic) bond motifs is 1. The zero-order valence-electron chi connectivity index (χ0n) is 8.23. The highest BCUT2D eigenvalue weighted by atomic mass is 35.5. The lowest BCUT2D eigenvalue weighted by Gasteiger charge is -2.21. The highest BCUT2D eigenvalue weighted by Crippen LogP contribution is 2.27. The van der Waals surface area contributed by atoms with Gasteiger partial charge in [-0.3, -0.25) is 4.79 Å². The van der Waals surface area contributed by atoms with Crippen LogP contribution in [0.2, 0.25) is 0 Å². The van der Waals surface area contributed by atoms with Crippen molar-refractivity contribution in [2.75, 3.05) is 13.7 Å². The van der Waals surface area contributed by atoms with Crippen molar-refractivity contribution in [3.63, 3.8) is 0 Å². The monoisotopic (exact) mass is 229 g/mol. The second-order valence-electron chi connectivity index (χ2n) is 3.14. The van der Waals surface area contributed by atoms with Crippen LogP contribution in [0, 0.1) is 0 Å². The molecule has 0 aromatic heterocycles. The lowest BCUT2D eigenvalue weighted by molar-refractivity contribution is 0.0899. The van der Waals surface area contributed by atoms with Crippen molar-refractivity contribution >= 4 is 18.2 Å². The van der Waals surface area contributed by atoms with Crippen LogP contribution in [0.1, 0.15) is 10.4 Å². The van der Waals surface area contributed by atoms with Gasteiger partial charge in [-0.1, -0.05) is 0 Å². The number of benzene rings is 1. The summed E-state index contributed by atoms with van der Waals surface area (Å²) in [6.45, 7) is 0.248. The molecule has 2 rings (SSSR count). The van der Waals surface area contributed by atoms with Crippen LogP contribution in [-0.2, 0) is 0 Å². The lowest BCUT2D eigenvalue weighted by Crippen LogP contribution is -2.40. The molecule has 1 aromatic rings. The minimum atomic E-state index is -0.561. The summed E-state index contributed by atoms with van der Waals surface area (Å²) in [5.74, 6) is 1.12. The van der Waals surface area contributed by atoms with E-state index in [0.29, 0.717) is 17.1 Å². The predicted octanol–water partition coefficient (Wildman–Crippen LogP) is 1.02. The molecule has 1 aromatic carbocycles. The van der Waals surface area contributed by atoms with E-state index >= 15 is 0 Å². The van der Waals surface area contributed by atoms with Gasteiger partial charge < -0.3 is 15.2 Å². The molecular weight excluding hydrogens is 218 g/mol. The molecule has 82 valence electrons. The van der Waals surface area contributed by atoms with Gasteiger partial charge in [0.25, 0.3) is 0 Å². The van der Waals surface area contributed by atoms with Crippen LogP contribution in [0.25, 0.3) is 0 Å². The Bertz CT molecular complexity index is 381. The number of ketones is 1. The Kier molecular flexibility index (Phi) is 3.55. The largest absolute Gasteiger partial charge is 0.497 e. The molecule has 0 spiro atoms. The van der Waals surface area contributed by atoms with Gasteiger partial charge in [-0.15, -0.1) is 12.4 Å². The van der Waals surface area contributed by atoms with Crippen LogP contribution < -0.4 is 15.2 Å². The van der Waals surface area contributed by atoms with Crippen LogP contribution in [0.4, 0.5) is 0 Å². The van der Waals surface area contributed by atoms with Gasteiger partial charge >= 0.3 is 0 Å². The molecule has 2 N–H and O–H groups in total. The van der Waals surface area contributed by atoms with Gasteiger partial charge in [-0.2, -0.15) is 0 Å². The first-order valence-corrected chi connectivity index (χ1v) is 4.33. The topological polar surface area (TPSA) is 61.5 Å². The summed E-state index contributed by atoms with van der Waals surface area (Å²) in [6, 6.07) is 4.56. The number of carbonyl (C=O) groups excluding carboxylic acids is 1. The van der Waals surface area contributed by atoms with E-state index in [1.807, 2.05) is 0 Å². The second kappa shape index (κ2) is 4.51. The first-order chi connectivity index (χ1) is 6.72. The molecule has 0 saturated heterocycles. The van der Waals surface area contributed by atoms with Gasteiger partial charge in [0.2, 0.25) is 0 Å². The molecule has 5 heteroatoms. The number of rotatable bonds is 1. The fourth-order valence-electron chi connectivity index (χ4n) is 1.41. The summed E-state index contributed by atoms with van der Waals surface area (Å²) >= 11 is 0. The number of carbonyl (C=O) groups is 1. The fourth-order valence-corrected chi connectivity index (χ4v) is 1.41. The summed E-state index contributed by atoms with van der Waals surface area (Å²) in [4.78, 5) is 11.6. The van der Waals surface area contributed by atoms with Crippen molar-refractivity contribution in [3.8, 4) is 11.5 Å². The standard InChI is InChI=1S/C10H11NO3.ClH/c1-13-6-2-3-9-7(4-6)10(12)8(11)5-14-9;/h2-4,8H,5,11H2,1H3;1H. The van der Waals surface area contributed by atoms with Gasteiger partial charge in [0, 0.05) is 0 Å². The molecule has 15 heavy (non-hydrogen) atoms. The summed E-state index contributed by atoms with van der Waals surface area (Å²) in [7, 11) is 1.55. The molecule has 0 bridgehead atoms. The Balaban J connectivity index is 0.00000112. The predicted molar refractivity (Wildman–Crippen MR) is 58.0 cm³/mol. The van der Waals surface area contributed by atoms with E-state index in [9.17, 15) is 4.79 Å². The number of nitrogens with two attached hydrogens (primary N) is 1. The number of hydrogen-bond acceptors (Lipinski definition) is 4. The van der Waals surface area contributed by atoms with Gasteiger partial charge in [0.1, 0.15) is 24.1 Å². The van der Waals surface area contributed by atoms with E-state index in [-0.39, 0.29) is 24.8 Å². The SMILES string of the molecule is COc1ccc2c(c1)C(=O)C(N)CO2.Cl. The van der Waals surface area contributed by atoms with Crippen molar-refractivity contribution in [1.82, 2.24) is 0 Å². The summed E-state index contributed by atoms with van der Waals surface area (Å²) in [5.41, 5.74) is 6.07. The van der Waals surface area contributed by atoms with E-state index in [1.165, 1.54) is 0 Å². The van der Waals surface area contributed by atoms with E-state index in [2.05, 4.69) is 0 Å². The smallest absolute Gasteiger partial charge is 0.186 e. The van der Waals surface area contributed by atoms with Gasteiger partial charge in [-0.25, -0.2) is 0 Å². The Hall–Kier alpha value is -1.26. The van der Waals surface area contributed by atoms with Crippen LogP contribution in [-0.4, -0.2) is 25.5 Å². The molecule has 1 aliphatic heterocycles. The minimum absolute atomic E-state index is 0. The summed E-state index contributed by atoms with van der Waals surface area (Å²) in [6.07, 6.45) is 0. The summed E-state index contributed by atoms with van der Waals surface area (Å²) < 4.78 is 10.3. The molecule has 0 saturated carbocycles. The van der Waals surface area contributed by atoms with E-state index < -0.39 is 6.04 Å². The molecule has 0 radical (unpaired) electrons. The first-order valence-electron chi connectivity index (χ1n) is 4.33. The molecule has 0 aliphatic carbocycles. The number of halogens is 1. The van der Waals surface area contributed by atoms with Crippen molar-refractivity contribution < 1.29 is 14.3 Å². The van der Waals surface area contributed by atoms with E-state index in [4.69, 9.17) is 15.2 Å². The molecular formula is C10H12ClNO3. The summed E-state index contributed by atoms with van der Waals surface area (Å²) in [5, 5.41) is 0. The minimum Gasteiger partial charge on any atom is -0.497 e. The number of hydrogen-bond donors (Lipinski definition) is 1. The zero-order chi connectivity index (χ0) is 10.1. The quantitative estimate of drug-likeness (QED) is 0.781. The second-order valence-corrected chi connectivity index (χ2v) is 3.14. The van der Waals surface area contributed by atoms with Crippen molar-refractivity contribution in [1.29, 1.82) is 0 Å². The molecule has 1 heterocycles. The number of methoxy groups -OCH3 is 1. The maximum Gasteiger partial charge on any atom is 0.186 e. The van der Waals surface area contributed by atoms with E-state index in [0.717, 1.165) is 0 Å². The van der Waals surface area contributed by atoms with Crippen LogP contribution in [0.3, 0.4) is 0 Å². The maximum absolute atomic E-state index is 11.6. The Morgan fingerprint density at radius 1 is 1.53 bits per heavy atom. The molecule has 4 nitrogen and oxygen atoms in total. The first kappa shape index (κ1) is 11.8. The Morgan fingerprint density at radius 2 is 2.27 bits per heavy atom. The molecule has 0 fully saturated rings. The molecule has 1 atom stereocenters. The van der Waals surface area contributed by atoms with E-state index in [1.54, 1.807) is 25.3 Å². The fraction of sp³-hybridized carbons (Fsp3) is 0.300. The number of ether oxygens (including phenoxy) is 2. The van der Waals surface area contributed by atoms with Crippen molar-refractivity contribution in [2.45, 2.75) is 6.04 Å². The van der Waals surface area contributed by atoms with Gasteiger partial charge in [-0.05, 0) is 18.2 Å². The third-order valence-corrected chi connectivity index (χ3v) is 2.21. The zero-order valence-corrected chi connectivity index (χ0v) is 9.04.